The van der Waals surface area contributed by atoms with Crippen LogP contribution in [-0.2, 0) is 0 Å². The van der Waals surface area contributed by atoms with Crippen LogP contribution in [0, 0.1) is 0 Å². The quantitative estimate of drug-likeness (QED) is 0.828. The van der Waals surface area contributed by atoms with E-state index >= 15 is 0 Å². The van der Waals surface area contributed by atoms with E-state index in [0.29, 0.717) is 19.2 Å². The fourth-order valence-corrected chi connectivity index (χ4v) is 2.70. The van der Waals surface area contributed by atoms with Crippen molar-refractivity contribution in [2.24, 2.45) is 0 Å². The van der Waals surface area contributed by atoms with E-state index in [2.05, 4.69) is 33.2 Å². The summed E-state index contributed by atoms with van der Waals surface area (Å²) in [7, 11) is 2.15. The number of hydrogen-bond donors (Lipinski definition) is 2. The van der Waals surface area contributed by atoms with Gasteiger partial charge in [-0.3, -0.25) is 0 Å². The Hall–Kier alpha value is -0.620. The zero-order valence-corrected chi connectivity index (χ0v) is 13.5. The SMILES string of the molecule is CN1CCC(NCC(O)COc2cccc(Br)c2)CC1. The first kappa shape index (κ1) is 15.8. The normalized spacial score (nSPS) is 18.9. The highest BCUT2D eigenvalue weighted by molar-refractivity contribution is 9.10. The number of rotatable bonds is 6. The van der Waals surface area contributed by atoms with Crippen LogP contribution in [0.4, 0.5) is 0 Å². The predicted molar refractivity (Wildman–Crippen MR) is 84.2 cm³/mol. The van der Waals surface area contributed by atoms with Gasteiger partial charge in [-0.2, -0.15) is 0 Å². The summed E-state index contributed by atoms with van der Waals surface area (Å²) in [5, 5.41) is 13.4. The Kier molecular flexibility index (Phi) is 6.29. The summed E-state index contributed by atoms with van der Waals surface area (Å²) in [6, 6.07) is 8.18. The monoisotopic (exact) mass is 342 g/mol. The minimum absolute atomic E-state index is 0.316. The molecule has 1 aromatic rings. The summed E-state index contributed by atoms with van der Waals surface area (Å²) >= 11 is 3.40. The van der Waals surface area contributed by atoms with Crippen LogP contribution in [0.15, 0.2) is 28.7 Å². The number of aliphatic hydroxyl groups excluding tert-OH is 1. The molecular formula is C15H23BrN2O2. The van der Waals surface area contributed by atoms with E-state index in [1.807, 2.05) is 24.3 Å². The van der Waals surface area contributed by atoms with Crippen LogP contribution in [0.2, 0.25) is 0 Å². The number of ether oxygens (including phenoxy) is 1. The molecule has 0 radical (unpaired) electrons. The lowest BCUT2D eigenvalue weighted by molar-refractivity contribution is 0.0995. The summed E-state index contributed by atoms with van der Waals surface area (Å²) < 4.78 is 6.56. The van der Waals surface area contributed by atoms with Gasteiger partial charge in [0.15, 0.2) is 0 Å². The number of likely N-dealkylation sites (tertiary alicyclic amines) is 1. The molecular weight excluding hydrogens is 320 g/mol. The van der Waals surface area contributed by atoms with Crippen molar-refractivity contribution < 1.29 is 9.84 Å². The highest BCUT2D eigenvalue weighted by Gasteiger charge is 2.17. The summed E-state index contributed by atoms with van der Waals surface area (Å²) in [4.78, 5) is 2.34. The van der Waals surface area contributed by atoms with Gasteiger partial charge in [0.2, 0.25) is 0 Å². The summed E-state index contributed by atoms with van der Waals surface area (Å²) in [6.07, 6.45) is 1.82. The number of piperidine rings is 1. The van der Waals surface area contributed by atoms with Gasteiger partial charge in [0.25, 0.3) is 0 Å². The van der Waals surface area contributed by atoms with Crippen molar-refractivity contribution in [2.45, 2.75) is 25.0 Å². The molecule has 4 nitrogen and oxygen atoms in total. The summed E-state index contributed by atoms with van der Waals surface area (Å²) in [5.41, 5.74) is 0. The van der Waals surface area contributed by atoms with E-state index in [-0.39, 0.29) is 0 Å². The second-order valence-electron chi connectivity index (χ2n) is 5.41. The van der Waals surface area contributed by atoms with Crippen molar-refractivity contribution in [2.75, 3.05) is 33.3 Å². The van der Waals surface area contributed by atoms with Gasteiger partial charge >= 0.3 is 0 Å². The number of aliphatic hydroxyl groups is 1. The number of nitrogens with zero attached hydrogens (tertiary/aromatic N) is 1. The van der Waals surface area contributed by atoms with Crippen molar-refractivity contribution in [3.8, 4) is 5.75 Å². The number of halogens is 1. The minimum atomic E-state index is -0.478. The fraction of sp³-hybridized carbons (Fsp3) is 0.600. The van der Waals surface area contributed by atoms with Crippen LogP contribution >= 0.6 is 15.9 Å². The molecule has 1 unspecified atom stereocenters. The van der Waals surface area contributed by atoms with Crippen molar-refractivity contribution >= 4 is 15.9 Å². The second kappa shape index (κ2) is 7.98. The smallest absolute Gasteiger partial charge is 0.120 e. The Bertz CT molecular complexity index is 409. The van der Waals surface area contributed by atoms with Crippen LogP contribution in [0.1, 0.15) is 12.8 Å². The molecule has 0 aromatic heterocycles. The zero-order valence-electron chi connectivity index (χ0n) is 11.9. The molecule has 0 saturated carbocycles. The molecule has 0 bridgehead atoms. The van der Waals surface area contributed by atoms with E-state index in [1.165, 1.54) is 0 Å². The molecule has 1 aliphatic rings. The Morgan fingerprint density at radius 3 is 2.90 bits per heavy atom. The average Bonchev–Trinajstić information content (AvgIpc) is 2.45. The topological polar surface area (TPSA) is 44.7 Å². The molecule has 1 aromatic carbocycles. The first-order chi connectivity index (χ1) is 9.63. The average molecular weight is 343 g/mol. The van der Waals surface area contributed by atoms with Gasteiger partial charge in [-0.05, 0) is 51.2 Å². The highest BCUT2D eigenvalue weighted by Crippen LogP contribution is 2.17. The maximum atomic E-state index is 9.95. The van der Waals surface area contributed by atoms with Crippen LogP contribution in [0.25, 0.3) is 0 Å². The third kappa shape index (κ3) is 5.40. The third-order valence-corrected chi connectivity index (χ3v) is 4.09. The van der Waals surface area contributed by atoms with Gasteiger partial charge in [0.05, 0.1) is 0 Å². The minimum Gasteiger partial charge on any atom is -0.491 e. The molecule has 2 N–H and O–H groups in total. The van der Waals surface area contributed by atoms with Gasteiger partial charge in [-0.25, -0.2) is 0 Å². The Labute approximate surface area is 129 Å². The maximum absolute atomic E-state index is 9.95. The van der Waals surface area contributed by atoms with E-state index in [9.17, 15) is 5.11 Å². The number of nitrogens with one attached hydrogen (secondary N) is 1. The molecule has 1 fully saturated rings. The number of benzene rings is 1. The molecule has 112 valence electrons. The fourth-order valence-electron chi connectivity index (χ4n) is 2.32. The Morgan fingerprint density at radius 2 is 2.20 bits per heavy atom. The van der Waals surface area contributed by atoms with Crippen molar-refractivity contribution in [3.05, 3.63) is 28.7 Å². The Balaban J connectivity index is 1.64. The van der Waals surface area contributed by atoms with Gasteiger partial charge in [-0.1, -0.05) is 22.0 Å². The lowest BCUT2D eigenvalue weighted by Gasteiger charge is -2.30. The standard InChI is InChI=1S/C15H23BrN2O2/c1-18-7-5-13(6-8-18)17-10-14(19)11-20-15-4-2-3-12(16)9-15/h2-4,9,13-14,17,19H,5-8,10-11H2,1H3. The zero-order chi connectivity index (χ0) is 14.4. The van der Waals surface area contributed by atoms with Crippen molar-refractivity contribution in [3.63, 3.8) is 0 Å². The van der Waals surface area contributed by atoms with Gasteiger partial charge in [0, 0.05) is 17.1 Å². The maximum Gasteiger partial charge on any atom is 0.120 e. The van der Waals surface area contributed by atoms with E-state index in [4.69, 9.17) is 4.74 Å². The number of hydrogen-bond acceptors (Lipinski definition) is 4. The molecule has 1 aliphatic heterocycles. The lowest BCUT2D eigenvalue weighted by Crippen LogP contribution is -2.44. The first-order valence-electron chi connectivity index (χ1n) is 7.12. The van der Waals surface area contributed by atoms with Crippen molar-refractivity contribution in [1.82, 2.24) is 10.2 Å². The molecule has 1 saturated heterocycles. The van der Waals surface area contributed by atoms with Gasteiger partial charge < -0.3 is 20.1 Å². The molecule has 1 heterocycles. The van der Waals surface area contributed by atoms with E-state index in [0.717, 1.165) is 36.2 Å². The van der Waals surface area contributed by atoms with Crippen LogP contribution in [0.3, 0.4) is 0 Å². The van der Waals surface area contributed by atoms with Crippen LogP contribution < -0.4 is 10.1 Å². The Morgan fingerprint density at radius 1 is 1.45 bits per heavy atom. The first-order valence-corrected chi connectivity index (χ1v) is 7.91. The van der Waals surface area contributed by atoms with Crippen LogP contribution in [0.5, 0.6) is 5.75 Å². The molecule has 5 heteroatoms. The van der Waals surface area contributed by atoms with Gasteiger partial charge in [0.1, 0.15) is 18.5 Å². The molecule has 0 amide bonds. The highest BCUT2D eigenvalue weighted by atomic mass is 79.9. The predicted octanol–water partition coefficient (Wildman–Crippen LogP) is 1.87. The largest absolute Gasteiger partial charge is 0.491 e. The molecule has 2 rings (SSSR count). The summed E-state index contributed by atoms with van der Waals surface area (Å²) in [6.45, 7) is 3.16. The van der Waals surface area contributed by atoms with E-state index < -0.39 is 6.10 Å². The van der Waals surface area contributed by atoms with Crippen molar-refractivity contribution in [1.29, 1.82) is 0 Å². The molecule has 20 heavy (non-hydrogen) atoms. The molecule has 0 aliphatic carbocycles. The van der Waals surface area contributed by atoms with Gasteiger partial charge in [-0.15, -0.1) is 0 Å². The van der Waals surface area contributed by atoms with E-state index in [1.54, 1.807) is 0 Å². The third-order valence-electron chi connectivity index (χ3n) is 3.60. The summed E-state index contributed by atoms with van der Waals surface area (Å²) in [5.74, 6) is 0.776. The molecule has 1 atom stereocenters. The second-order valence-corrected chi connectivity index (χ2v) is 6.32. The van der Waals surface area contributed by atoms with Crippen LogP contribution in [-0.4, -0.2) is 55.4 Å². The molecule has 0 spiro atoms. The lowest BCUT2D eigenvalue weighted by atomic mass is 10.1.